The van der Waals surface area contributed by atoms with E-state index in [0.29, 0.717) is 18.6 Å². The number of nitrogens with zero attached hydrogens (tertiary/aromatic N) is 3. The second-order valence-corrected chi connectivity index (χ2v) is 7.78. The van der Waals surface area contributed by atoms with Gasteiger partial charge in [-0.3, -0.25) is 0 Å². The van der Waals surface area contributed by atoms with Crippen LogP contribution in [0, 0.1) is 0 Å². The maximum Gasteiger partial charge on any atom is 0.229 e. The van der Waals surface area contributed by atoms with Crippen LogP contribution < -0.4 is 20.1 Å². The van der Waals surface area contributed by atoms with Gasteiger partial charge >= 0.3 is 0 Å². The first kappa shape index (κ1) is 19.8. The quantitative estimate of drug-likeness (QED) is 0.586. The molecule has 1 aliphatic heterocycles. The van der Waals surface area contributed by atoms with Gasteiger partial charge in [-0.05, 0) is 69.8 Å². The van der Waals surface area contributed by atoms with Gasteiger partial charge in [-0.15, -0.1) is 0 Å². The standard InChI is InChI=1S/C22H31N5O2/c1-28-19-9-8-18(16-20(19)29-15-5-14-27-12-2-3-13-27)25-22-23-11-10-21(26-22)24-17-6-4-7-17/h8-11,16-17H,2-7,12-15H2,1H3,(H2,23,24,25,26). The van der Waals surface area contributed by atoms with Crippen molar-refractivity contribution in [1.29, 1.82) is 0 Å². The third-order valence-corrected chi connectivity index (χ3v) is 5.61. The van der Waals surface area contributed by atoms with E-state index in [-0.39, 0.29) is 0 Å². The van der Waals surface area contributed by atoms with Gasteiger partial charge in [0.1, 0.15) is 5.82 Å². The molecule has 0 bridgehead atoms. The van der Waals surface area contributed by atoms with Crippen molar-refractivity contribution in [3.05, 3.63) is 30.5 Å². The van der Waals surface area contributed by atoms with E-state index in [1.807, 2.05) is 24.3 Å². The van der Waals surface area contributed by atoms with Crippen LogP contribution in [0.1, 0.15) is 38.5 Å². The zero-order valence-electron chi connectivity index (χ0n) is 17.2. The van der Waals surface area contributed by atoms with Crippen LogP contribution in [0.2, 0.25) is 0 Å². The molecular formula is C22H31N5O2. The maximum atomic E-state index is 6.02. The number of ether oxygens (including phenoxy) is 2. The molecule has 0 radical (unpaired) electrons. The summed E-state index contributed by atoms with van der Waals surface area (Å²) in [5, 5.41) is 6.73. The Morgan fingerprint density at radius 1 is 1.10 bits per heavy atom. The largest absolute Gasteiger partial charge is 0.493 e. The molecule has 2 fully saturated rings. The van der Waals surface area contributed by atoms with Crippen molar-refractivity contribution >= 4 is 17.5 Å². The number of nitrogens with one attached hydrogen (secondary N) is 2. The van der Waals surface area contributed by atoms with E-state index in [9.17, 15) is 0 Å². The Hall–Kier alpha value is -2.54. The molecule has 1 saturated carbocycles. The first-order chi connectivity index (χ1) is 14.3. The Morgan fingerprint density at radius 3 is 2.72 bits per heavy atom. The second-order valence-electron chi connectivity index (χ2n) is 7.78. The van der Waals surface area contributed by atoms with E-state index in [1.54, 1.807) is 13.3 Å². The highest BCUT2D eigenvalue weighted by Crippen LogP contribution is 2.31. The SMILES string of the molecule is COc1ccc(Nc2nccc(NC3CCC3)n2)cc1OCCCN1CCCC1. The lowest BCUT2D eigenvalue weighted by Gasteiger charge is -2.26. The van der Waals surface area contributed by atoms with E-state index in [4.69, 9.17) is 9.47 Å². The van der Waals surface area contributed by atoms with Gasteiger partial charge in [0.05, 0.1) is 13.7 Å². The molecule has 0 spiro atoms. The van der Waals surface area contributed by atoms with Crippen LogP contribution in [-0.4, -0.2) is 54.3 Å². The molecule has 2 heterocycles. The summed E-state index contributed by atoms with van der Waals surface area (Å²) in [4.78, 5) is 11.4. The van der Waals surface area contributed by atoms with Crippen LogP contribution in [0.25, 0.3) is 0 Å². The summed E-state index contributed by atoms with van der Waals surface area (Å²) in [6.07, 6.45) is 9.14. The zero-order valence-corrected chi connectivity index (χ0v) is 17.2. The molecule has 29 heavy (non-hydrogen) atoms. The van der Waals surface area contributed by atoms with E-state index in [2.05, 4.69) is 25.5 Å². The second kappa shape index (κ2) is 9.78. The molecule has 2 aliphatic rings. The third-order valence-electron chi connectivity index (χ3n) is 5.61. The van der Waals surface area contributed by atoms with Crippen molar-refractivity contribution in [3.8, 4) is 11.5 Å². The van der Waals surface area contributed by atoms with Crippen molar-refractivity contribution in [1.82, 2.24) is 14.9 Å². The molecule has 2 aromatic rings. The minimum Gasteiger partial charge on any atom is -0.493 e. The Bertz CT molecular complexity index is 791. The van der Waals surface area contributed by atoms with Crippen LogP contribution in [-0.2, 0) is 0 Å². The van der Waals surface area contributed by atoms with E-state index in [1.165, 1.54) is 45.2 Å². The molecule has 1 aromatic carbocycles. The van der Waals surface area contributed by atoms with Gasteiger partial charge in [0.25, 0.3) is 0 Å². The van der Waals surface area contributed by atoms with Crippen molar-refractivity contribution in [2.24, 2.45) is 0 Å². The van der Waals surface area contributed by atoms with Crippen LogP contribution in [0.5, 0.6) is 11.5 Å². The number of aromatic nitrogens is 2. The van der Waals surface area contributed by atoms with E-state index >= 15 is 0 Å². The molecule has 0 unspecified atom stereocenters. The lowest BCUT2D eigenvalue weighted by molar-refractivity contribution is 0.254. The Kier molecular flexibility index (Phi) is 6.67. The molecule has 2 N–H and O–H groups in total. The highest BCUT2D eigenvalue weighted by atomic mass is 16.5. The lowest BCUT2D eigenvalue weighted by atomic mass is 9.93. The molecule has 1 saturated heterocycles. The lowest BCUT2D eigenvalue weighted by Crippen LogP contribution is -2.27. The topological polar surface area (TPSA) is 71.5 Å². The van der Waals surface area contributed by atoms with Crippen molar-refractivity contribution in [3.63, 3.8) is 0 Å². The summed E-state index contributed by atoms with van der Waals surface area (Å²) >= 11 is 0. The minimum atomic E-state index is 0.541. The van der Waals surface area contributed by atoms with Gasteiger partial charge in [-0.2, -0.15) is 4.98 Å². The van der Waals surface area contributed by atoms with Gasteiger partial charge in [0.2, 0.25) is 5.95 Å². The van der Waals surface area contributed by atoms with Crippen molar-refractivity contribution in [2.45, 2.75) is 44.6 Å². The number of hydrogen-bond donors (Lipinski definition) is 2. The Balaban J connectivity index is 1.34. The maximum absolute atomic E-state index is 6.02. The first-order valence-corrected chi connectivity index (χ1v) is 10.7. The van der Waals surface area contributed by atoms with Crippen LogP contribution >= 0.6 is 0 Å². The number of methoxy groups -OCH3 is 1. The zero-order chi connectivity index (χ0) is 19.9. The predicted octanol–water partition coefficient (Wildman–Crippen LogP) is 4.06. The van der Waals surface area contributed by atoms with E-state index in [0.717, 1.165) is 36.0 Å². The highest BCUT2D eigenvalue weighted by Gasteiger charge is 2.17. The molecule has 4 rings (SSSR count). The van der Waals surface area contributed by atoms with Crippen molar-refractivity contribution in [2.75, 3.05) is 44.0 Å². The summed E-state index contributed by atoms with van der Waals surface area (Å²) in [5.74, 6) is 2.90. The number of anilines is 3. The molecule has 0 atom stereocenters. The molecule has 0 amide bonds. The number of rotatable bonds is 10. The molecule has 7 nitrogen and oxygen atoms in total. The fraction of sp³-hybridized carbons (Fsp3) is 0.545. The Labute approximate surface area is 172 Å². The van der Waals surface area contributed by atoms with Crippen LogP contribution in [0.3, 0.4) is 0 Å². The average molecular weight is 398 g/mol. The van der Waals surface area contributed by atoms with Gasteiger partial charge in [0.15, 0.2) is 11.5 Å². The third kappa shape index (κ3) is 5.50. The number of hydrogen-bond acceptors (Lipinski definition) is 7. The normalized spacial score (nSPS) is 17.0. The summed E-state index contributed by atoms with van der Waals surface area (Å²) in [6.45, 7) is 4.21. The van der Waals surface area contributed by atoms with Gasteiger partial charge in [0, 0.05) is 30.5 Å². The first-order valence-electron chi connectivity index (χ1n) is 10.7. The fourth-order valence-corrected chi connectivity index (χ4v) is 3.73. The molecular weight excluding hydrogens is 366 g/mol. The van der Waals surface area contributed by atoms with Crippen molar-refractivity contribution < 1.29 is 9.47 Å². The molecule has 7 heteroatoms. The minimum absolute atomic E-state index is 0.541. The molecule has 1 aromatic heterocycles. The van der Waals surface area contributed by atoms with Crippen LogP contribution in [0.4, 0.5) is 17.5 Å². The fourth-order valence-electron chi connectivity index (χ4n) is 3.73. The monoisotopic (exact) mass is 397 g/mol. The molecule has 156 valence electrons. The smallest absolute Gasteiger partial charge is 0.229 e. The average Bonchev–Trinajstić information content (AvgIpc) is 3.22. The summed E-state index contributed by atoms with van der Waals surface area (Å²) < 4.78 is 11.5. The Morgan fingerprint density at radius 2 is 1.97 bits per heavy atom. The highest BCUT2D eigenvalue weighted by molar-refractivity contribution is 5.60. The number of benzene rings is 1. The van der Waals surface area contributed by atoms with Crippen LogP contribution in [0.15, 0.2) is 30.5 Å². The summed E-state index contributed by atoms with van der Waals surface area (Å²) in [6, 6.07) is 8.26. The predicted molar refractivity (Wildman–Crippen MR) is 115 cm³/mol. The van der Waals surface area contributed by atoms with Gasteiger partial charge < -0.3 is 25.0 Å². The van der Waals surface area contributed by atoms with Gasteiger partial charge in [-0.25, -0.2) is 4.98 Å². The summed E-state index contributed by atoms with van der Waals surface area (Å²) in [7, 11) is 1.66. The van der Waals surface area contributed by atoms with Gasteiger partial charge in [-0.1, -0.05) is 0 Å². The molecule has 1 aliphatic carbocycles. The van der Waals surface area contributed by atoms with E-state index < -0.39 is 0 Å². The number of likely N-dealkylation sites (tertiary alicyclic amines) is 1. The summed E-state index contributed by atoms with van der Waals surface area (Å²) in [5.41, 5.74) is 0.876.